The number of ether oxygens (including phenoxy) is 4. The summed E-state index contributed by atoms with van der Waals surface area (Å²) in [6, 6.07) is 2.93. The third kappa shape index (κ3) is 7.80. The predicted molar refractivity (Wildman–Crippen MR) is 106 cm³/mol. The van der Waals surface area contributed by atoms with E-state index in [0.717, 1.165) is 0 Å². The number of halogens is 2. The highest BCUT2D eigenvalue weighted by molar-refractivity contribution is 5.79. The van der Waals surface area contributed by atoms with Crippen LogP contribution in [0.25, 0.3) is 0 Å². The van der Waals surface area contributed by atoms with E-state index in [9.17, 15) is 13.6 Å². The van der Waals surface area contributed by atoms with E-state index in [0.29, 0.717) is 42.7 Å². The minimum Gasteiger partial charge on any atom is -0.454 e. The van der Waals surface area contributed by atoms with E-state index in [4.69, 9.17) is 14.2 Å². The Morgan fingerprint density at radius 3 is 2.47 bits per heavy atom. The zero-order chi connectivity index (χ0) is 22.1. The molecule has 0 bridgehead atoms. The van der Waals surface area contributed by atoms with E-state index in [1.165, 1.54) is 6.07 Å². The summed E-state index contributed by atoms with van der Waals surface area (Å²) in [6.45, 7) is 5.62. The standard InChI is InChI=1S/C19H28F2N4O5/c1-5-22-17(23-6-7-24-18(26)30-19(2,3)4)25-10-12-8-14-15(28-11-27-14)9-13(12)29-16(20)21/h8-9,16H,5-7,10-11H2,1-4H3,(H,24,26)(H2,22,23,25). The minimum absolute atomic E-state index is 0.0189. The van der Waals surface area contributed by atoms with Crippen molar-refractivity contribution in [1.82, 2.24) is 16.0 Å². The fourth-order valence-corrected chi connectivity index (χ4v) is 2.46. The second kappa shape index (κ2) is 10.7. The summed E-state index contributed by atoms with van der Waals surface area (Å²) < 4.78 is 45.7. The van der Waals surface area contributed by atoms with E-state index >= 15 is 0 Å². The monoisotopic (exact) mass is 430 g/mol. The lowest BCUT2D eigenvalue weighted by molar-refractivity contribution is -0.0505. The molecule has 2 rings (SSSR count). The fraction of sp³-hybridized carbons (Fsp3) is 0.579. The minimum atomic E-state index is -2.97. The molecule has 1 aromatic carbocycles. The molecule has 0 fully saturated rings. The first-order chi connectivity index (χ1) is 14.2. The van der Waals surface area contributed by atoms with Gasteiger partial charge in [-0.25, -0.2) is 9.79 Å². The molecule has 9 nitrogen and oxygen atoms in total. The number of aliphatic imine (C=N–C) groups is 1. The Hall–Kier alpha value is -2.98. The summed E-state index contributed by atoms with van der Waals surface area (Å²) in [5, 5.41) is 8.72. The van der Waals surface area contributed by atoms with Gasteiger partial charge in [-0.1, -0.05) is 0 Å². The molecule has 30 heavy (non-hydrogen) atoms. The Bertz CT molecular complexity index is 753. The molecule has 1 aliphatic rings. The smallest absolute Gasteiger partial charge is 0.407 e. The maximum Gasteiger partial charge on any atom is 0.407 e. The van der Waals surface area contributed by atoms with E-state index in [-0.39, 0.29) is 19.1 Å². The maximum absolute atomic E-state index is 12.7. The van der Waals surface area contributed by atoms with E-state index < -0.39 is 18.3 Å². The molecule has 1 aliphatic heterocycles. The second-order valence-corrected chi connectivity index (χ2v) is 7.24. The Morgan fingerprint density at radius 2 is 1.83 bits per heavy atom. The molecule has 1 heterocycles. The van der Waals surface area contributed by atoms with Crippen LogP contribution in [0.3, 0.4) is 0 Å². The average Bonchev–Trinajstić information content (AvgIpc) is 3.08. The van der Waals surface area contributed by atoms with Crippen LogP contribution in [0.5, 0.6) is 17.2 Å². The molecule has 0 radical (unpaired) electrons. The molecule has 0 aromatic heterocycles. The number of benzene rings is 1. The number of carbonyl (C=O) groups excluding carboxylic acids is 1. The van der Waals surface area contributed by atoms with E-state index in [1.54, 1.807) is 26.8 Å². The van der Waals surface area contributed by atoms with Crippen molar-refractivity contribution < 1.29 is 32.5 Å². The number of rotatable bonds is 8. The molecular weight excluding hydrogens is 402 g/mol. The van der Waals surface area contributed by atoms with Crippen molar-refractivity contribution in [3.63, 3.8) is 0 Å². The van der Waals surface area contributed by atoms with Crippen LogP contribution >= 0.6 is 0 Å². The molecule has 0 aliphatic carbocycles. The topological polar surface area (TPSA) is 102 Å². The zero-order valence-corrected chi connectivity index (χ0v) is 17.5. The van der Waals surface area contributed by atoms with Gasteiger partial charge in [-0.05, 0) is 33.8 Å². The summed E-state index contributed by atoms with van der Waals surface area (Å²) in [6.07, 6.45) is -0.514. The molecule has 0 spiro atoms. The third-order valence-corrected chi connectivity index (χ3v) is 3.61. The predicted octanol–water partition coefficient (Wildman–Crippen LogP) is 2.60. The van der Waals surface area contributed by atoms with Crippen LogP contribution in [0.1, 0.15) is 33.3 Å². The maximum atomic E-state index is 12.7. The number of hydrogen-bond donors (Lipinski definition) is 3. The first kappa shape index (κ1) is 23.3. The number of carbonyl (C=O) groups is 1. The molecule has 0 unspecified atom stereocenters. The Balaban J connectivity index is 1.96. The normalized spacial score (nSPS) is 13.2. The Morgan fingerprint density at radius 1 is 1.17 bits per heavy atom. The molecule has 0 saturated heterocycles. The lowest BCUT2D eigenvalue weighted by Crippen LogP contribution is -2.42. The summed E-state index contributed by atoms with van der Waals surface area (Å²) >= 11 is 0. The summed E-state index contributed by atoms with van der Waals surface area (Å²) in [4.78, 5) is 16.0. The van der Waals surface area contributed by atoms with Crippen LogP contribution in [-0.4, -0.2) is 50.7 Å². The van der Waals surface area contributed by atoms with Crippen LogP contribution in [0.4, 0.5) is 13.6 Å². The molecular formula is C19H28F2N4O5. The van der Waals surface area contributed by atoms with Gasteiger partial charge in [-0.3, -0.25) is 0 Å². The van der Waals surface area contributed by atoms with Gasteiger partial charge in [-0.15, -0.1) is 0 Å². The van der Waals surface area contributed by atoms with Crippen molar-refractivity contribution in [2.45, 2.75) is 46.5 Å². The van der Waals surface area contributed by atoms with Gasteiger partial charge < -0.3 is 34.9 Å². The summed E-state index contributed by atoms with van der Waals surface area (Å²) in [5.41, 5.74) is -0.153. The number of fused-ring (bicyclic) bond motifs is 1. The summed E-state index contributed by atoms with van der Waals surface area (Å²) in [7, 11) is 0. The number of alkyl halides is 2. The van der Waals surface area contributed by atoms with Crippen molar-refractivity contribution in [1.29, 1.82) is 0 Å². The SMILES string of the molecule is CCNC(=NCc1cc2c(cc1OC(F)F)OCO2)NCCNC(=O)OC(C)(C)C. The number of hydrogen-bond acceptors (Lipinski definition) is 6. The van der Waals surface area contributed by atoms with Crippen LogP contribution in [0, 0.1) is 0 Å². The number of nitrogens with zero attached hydrogens (tertiary/aromatic N) is 1. The van der Waals surface area contributed by atoms with Crippen LogP contribution in [0.15, 0.2) is 17.1 Å². The second-order valence-electron chi connectivity index (χ2n) is 7.24. The molecule has 1 amide bonds. The zero-order valence-electron chi connectivity index (χ0n) is 17.5. The Labute approximate surface area is 174 Å². The molecule has 168 valence electrons. The first-order valence-electron chi connectivity index (χ1n) is 9.54. The van der Waals surface area contributed by atoms with Gasteiger partial charge in [0.05, 0.1) is 6.54 Å². The molecule has 3 N–H and O–H groups in total. The molecule has 1 aromatic rings. The lowest BCUT2D eigenvalue weighted by atomic mass is 10.1. The van der Waals surface area contributed by atoms with Crippen LogP contribution < -0.4 is 30.2 Å². The van der Waals surface area contributed by atoms with Gasteiger partial charge >= 0.3 is 12.7 Å². The number of nitrogens with one attached hydrogen (secondary N) is 3. The van der Waals surface area contributed by atoms with Crippen molar-refractivity contribution >= 4 is 12.1 Å². The van der Waals surface area contributed by atoms with Gasteiger partial charge in [0.2, 0.25) is 6.79 Å². The van der Waals surface area contributed by atoms with Crippen molar-refractivity contribution in [2.24, 2.45) is 4.99 Å². The van der Waals surface area contributed by atoms with Crippen molar-refractivity contribution in [3.05, 3.63) is 17.7 Å². The largest absolute Gasteiger partial charge is 0.454 e. The van der Waals surface area contributed by atoms with Gasteiger partial charge in [0.25, 0.3) is 0 Å². The number of amides is 1. The first-order valence-corrected chi connectivity index (χ1v) is 9.54. The van der Waals surface area contributed by atoms with Crippen molar-refractivity contribution in [3.8, 4) is 17.2 Å². The molecule has 11 heteroatoms. The van der Waals surface area contributed by atoms with Crippen LogP contribution in [0.2, 0.25) is 0 Å². The number of alkyl carbamates (subject to hydrolysis) is 1. The third-order valence-electron chi connectivity index (χ3n) is 3.61. The molecule has 0 atom stereocenters. The van der Waals surface area contributed by atoms with Gasteiger partial charge in [0.1, 0.15) is 11.4 Å². The van der Waals surface area contributed by atoms with Gasteiger partial charge in [0.15, 0.2) is 17.5 Å². The highest BCUT2D eigenvalue weighted by atomic mass is 19.3. The van der Waals surface area contributed by atoms with Gasteiger partial charge in [0, 0.05) is 31.3 Å². The fourth-order valence-electron chi connectivity index (χ4n) is 2.46. The van der Waals surface area contributed by atoms with Crippen LogP contribution in [-0.2, 0) is 11.3 Å². The quantitative estimate of drug-likeness (QED) is 0.331. The van der Waals surface area contributed by atoms with E-state index in [2.05, 4.69) is 25.7 Å². The molecule has 0 saturated carbocycles. The highest BCUT2D eigenvalue weighted by Gasteiger charge is 2.20. The van der Waals surface area contributed by atoms with E-state index in [1.807, 2.05) is 6.92 Å². The lowest BCUT2D eigenvalue weighted by Gasteiger charge is -2.20. The van der Waals surface area contributed by atoms with Gasteiger partial charge in [-0.2, -0.15) is 8.78 Å². The highest BCUT2D eigenvalue weighted by Crippen LogP contribution is 2.39. The number of guanidine groups is 1. The average molecular weight is 430 g/mol. The Kier molecular flexibility index (Phi) is 8.31. The summed E-state index contributed by atoms with van der Waals surface area (Å²) in [5.74, 6) is 1.21. The van der Waals surface area contributed by atoms with Crippen molar-refractivity contribution in [2.75, 3.05) is 26.4 Å².